The zero-order valence-electron chi connectivity index (χ0n) is 12.3. The van der Waals surface area contributed by atoms with Crippen LogP contribution in [-0.2, 0) is 13.1 Å². The van der Waals surface area contributed by atoms with E-state index in [0.29, 0.717) is 6.54 Å². The van der Waals surface area contributed by atoms with Crippen LogP contribution in [0.1, 0.15) is 37.5 Å². The minimum Gasteiger partial charge on any atom is -0.459 e. The predicted octanol–water partition coefficient (Wildman–Crippen LogP) is 3.51. The minimum absolute atomic E-state index is 0.482. The van der Waals surface area contributed by atoms with Crippen LogP contribution in [0.4, 0.5) is 0 Å². The van der Waals surface area contributed by atoms with Crippen LogP contribution >= 0.6 is 0 Å². The van der Waals surface area contributed by atoms with E-state index in [1.54, 1.807) is 0 Å². The summed E-state index contributed by atoms with van der Waals surface area (Å²) in [6, 6.07) is 8.26. The van der Waals surface area contributed by atoms with Gasteiger partial charge in [0.15, 0.2) is 0 Å². The van der Waals surface area contributed by atoms with Crippen molar-refractivity contribution in [3.63, 3.8) is 0 Å². The molecule has 1 aromatic heterocycles. The Labute approximate surface area is 120 Å². The molecule has 0 saturated carbocycles. The highest BCUT2D eigenvalue weighted by Gasteiger charge is 2.21. The van der Waals surface area contributed by atoms with Crippen LogP contribution in [0.25, 0.3) is 11.0 Å². The van der Waals surface area contributed by atoms with Crippen molar-refractivity contribution in [1.29, 1.82) is 0 Å². The second-order valence-corrected chi connectivity index (χ2v) is 5.83. The van der Waals surface area contributed by atoms with E-state index in [1.165, 1.54) is 43.3 Å². The molecule has 1 aliphatic heterocycles. The third-order valence-corrected chi connectivity index (χ3v) is 4.63. The lowest BCUT2D eigenvalue weighted by molar-refractivity contribution is 0.174. The number of likely N-dealkylation sites (tertiary alicyclic amines) is 1. The van der Waals surface area contributed by atoms with Crippen LogP contribution in [0.3, 0.4) is 0 Å². The van der Waals surface area contributed by atoms with Crippen molar-refractivity contribution in [2.75, 3.05) is 13.1 Å². The van der Waals surface area contributed by atoms with E-state index in [2.05, 4.69) is 24.0 Å². The molecular formula is C17H24N2O. The van der Waals surface area contributed by atoms with Gasteiger partial charge in [-0.3, -0.25) is 4.90 Å². The summed E-state index contributed by atoms with van der Waals surface area (Å²) >= 11 is 0. The summed E-state index contributed by atoms with van der Waals surface area (Å²) in [6.45, 7) is 6.15. The number of para-hydroxylation sites is 1. The largest absolute Gasteiger partial charge is 0.459 e. The Kier molecular flexibility index (Phi) is 4.08. The molecule has 0 aliphatic carbocycles. The molecule has 0 radical (unpaired) electrons. The number of rotatable bonds is 4. The maximum absolute atomic E-state index is 5.88. The van der Waals surface area contributed by atoms with Gasteiger partial charge in [-0.05, 0) is 37.9 Å². The number of hydrogen-bond acceptors (Lipinski definition) is 3. The first-order valence-electron chi connectivity index (χ1n) is 7.73. The average Bonchev–Trinajstić information content (AvgIpc) is 2.86. The van der Waals surface area contributed by atoms with Crippen LogP contribution in [0, 0.1) is 5.92 Å². The van der Waals surface area contributed by atoms with Crippen LogP contribution in [0.5, 0.6) is 0 Å². The van der Waals surface area contributed by atoms with E-state index >= 15 is 0 Å². The van der Waals surface area contributed by atoms with Gasteiger partial charge >= 0.3 is 0 Å². The number of fused-ring (bicyclic) bond motifs is 1. The number of furan rings is 1. The monoisotopic (exact) mass is 272 g/mol. The Morgan fingerprint density at radius 1 is 1.25 bits per heavy atom. The van der Waals surface area contributed by atoms with Crippen molar-refractivity contribution >= 4 is 11.0 Å². The molecule has 1 saturated heterocycles. The summed E-state index contributed by atoms with van der Waals surface area (Å²) in [4.78, 5) is 2.54. The predicted molar refractivity (Wildman–Crippen MR) is 82.4 cm³/mol. The first-order valence-corrected chi connectivity index (χ1v) is 7.73. The lowest BCUT2D eigenvalue weighted by atomic mass is 9.94. The van der Waals surface area contributed by atoms with Crippen LogP contribution < -0.4 is 5.73 Å². The third-order valence-electron chi connectivity index (χ3n) is 4.63. The van der Waals surface area contributed by atoms with E-state index in [-0.39, 0.29) is 0 Å². The molecule has 3 rings (SSSR count). The smallest absolute Gasteiger partial charge is 0.134 e. The highest BCUT2D eigenvalue weighted by Crippen LogP contribution is 2.28. The van der Waals surface area contributed by atoms with E-state index in [1.807, 2.05) is 12.1 Å². The molecule has 2 aromatic rings. The molecular weight excluding hydrogens is 248 g/mol. The summed E-state index contributed by atoms with van der Waals surface area (Å²) in [7, 11) is 0. The summed E-state index contributed by atoms with van der Waals surface area (Å²) in [6.07, 6.45) is 3.96. The summed E-state index contributed by atoms with van der Waals surface area (Å²) in [5, 5.41) is 1.23. The molecule has 1 fully saturated rings. The molecule has 20 heavy (non-hydrogen) atoms. The van der Waals surface area contributed by atoms with Gasteiger partial charge in [0.2, 0.25) is 0 Å². The van der Waals surface area contributed by atoms with Gasteiger partial charge in [0.05, 0.1) is 6.54 Å². The molecule has 0 spiro atoms. The standard InChI is InChI=1S/C17H24N2O/c1-2-13-7-9-19(10-8-13)12-15-14-5-3-4-6-16(14)20-17(15)11-18/h3-6,13H,2,7-12,18H2,1H3. The number of piperidine rings is 1. The lowest BCUT2D eigenvalue weighted by Gasteiger charge is -2.31. The van der Waals surface area contributed by atoms with E-state index in [0.717, 1.165) is 23.8 Å². The second kappa shape index (κ2) is 5.98. The molecule has 3 heteroatoms. The van der Waals surface area contributed by atoms with Crippen molar-refractivity contribution in [3.05, 3.63) is 35.6 Å². The Bertz CT molecular complexity index is 567. The van der Waals surface area contributed by atoms with Crippen molar-refractivity contribution in [2.45, 2.75) is 39.3 Å². The van der Waals surface area contributed by atoms with Crippen molar-refractivity contribution in [1.82, 2.24) is 4.90 Å². The summed E-state index contributed by atoms with van der Waals surface area (Å²) in [5.74, 6) is 1.87. The second-order valence-electron chi connectivity index (χ2n) is 5.83. The molecule has 0 amide bonds. The van der Waals surface area contributed by atoms with Gasteiger partial charge in [-0.1, -0.05) is 31.5 Å². The fraction of sp³-hybridized carbons (Fsp3) is 0.529. The maximum atomic E-state index is 5.88. The molecule has 2 heterocycles. The van der Waals surface area contributed by atoms with Gasteiger partial charge in [-0.25, -0.2) is 0 Å². The van der Waals surface area contributed by atoms with Crippen molar-refractivity contribution in [3.8, 4) is 0 Å². The van der Waals surface area contributed by atoms with Gasteiger partial charge in [0.1, 0.15) is 11.3 Å². The maximum Gasteiger partial charge on any atom is 0.134 e. The molecule has 0 unspecified atom stereocenters. The van der Waals surface area contributed by atoms with Gasteiger partial charge in [0, 0.05) is 17.5 Å². The first kappa shape index (κ1) is 13.7. The Morgan fingerprint density at radius 3 is 2.70 bits per heavy atom. The highest BCUT2D eigenvalue weighted by molar-refractivity contribution is 5.82. The third kappa shape index (κ3) is 2.60. The number of benzene rings is 1. The highest BCUT2D eigenvalue weighted by atomic mass is 16.3. The molecule has 1 aliphatic rings. The molecule has 3 nitrogen and oxygen atoms in total. The number of nitrogens with two attached hydrogens (primary N) is 1. The fourth-order valence-electron chi connectivity index (χ4n) is 3.26. The molecule has 2 N–H and O–H groups in total. The molecule has 0 atom stereocenters. The van der Waals surface area contributed by atoms with E-state index < -0.39 is 0 Å². The normalized spacial score (nSPS) is 17.9. The number of nitrogens with zero attached hydrogens (tertiary/aromatic N) is 1. The zero-order chi connectivity index (χ0) is 13.9. The molecule has 0 bridgehead atoms. The molecule has 1 aromatic carbocycles. The van der Waals surface area contributed by atoms with Gasteiger partial charge < -0.3 is 10.2 Å². The SMILES string of the molecule is CCC1CCN(Cc2c(CN)oc3ccccc23)CC1. The topological polar surface area (TPSA) is 42.4 Å². The van der Waals surface area contributed by atoms with E-state index in [4.69, 9.17) is 10.2 Å². The number of hydrogen-bond donors (Lipinski definition) is 1. The quantitative estimate of drug-likeness (QED) is 0.926. The summed E-state index contributed by atoms with van der Waals surface area (Å²) in [5.41, 5.74) is 8.11. The Morgan fingerprint density at radius 2 is 2.00 bits per heavy atom. The van der Waals surface area contributed by atoms with E-state index in [9.17, 15) is 0 Å². The molecule has 108 valence electrons. The van der Waals surface area contributed by atoms with Crippen molar-refractivity contribution in [2.24, 2.45) is 11.7 Å². The van der Waals surface area contributed by atoms with Gasteiger partial charge in [0.25, 0.3) is 0 Å². The van der Waals surface area contributed by atoms with Gasteiger partial charge in [-0.2, -0.15) is 0 Å². The van der Waals surface area contributed by atoms with Crippen LogP contribution in [0.15, 0.2) is 28.7 Å². The average molecular weight is 272 g/mol. The first-order chi connectivity index (χ1) is 9.81. The Balaban J connectivity index is 1.80. The van der Waals surface area contributed by atoms with Gasteiger partial charge in [-0.15, -0.1) is 0 Å². The minimum atomic E-state index is 0.482. The van der Waals surface area contributed by atoms with Crippen LogP contribution in [0.2, 0.25) is 0 Å². The van der Waals surface area contributed by atoms with Crippen molar-refractivity contribution < 1.29 is 4.42 Å². The zero-order valence-corrected chi connectivity index (χ0v) is 12.3. The van der Waals surface area contributed by atoms with Crippen LogP contribution in [-0.4, -0.2) is 18.0 Å². The fourth-order valence-corrected chi connectivity index (χ4v) is 3.26. The Hall–Kier alpha value is -1.32. The summed E-state index contributed by atoms with van der Waals surface area (Å²) < 4.78 is 5.88. The lowest BCUT2D eigenvalue weighted by Crippen LogP contribution is -2.33.